The Balaban J connectivity index is 1.38. The average molecular weight is 469 g/mol. The fourth-order valence-electron chi connectivity index (χ4n) is 3.97. The molecule has 2 heterocycles. The van der Waals surface area contributed by atoms with Gasteiger partial charge in [0.1, 0.15) is 0 Å². The zero-order chi connectivity index (χ0) is 23.4. The second kappa shape index (κ2) is 10.1. The average Bonchev–Trinajstić information content (AvgIpc) is 3.28. The molecule has 33 heavy (non-hydrogen) atoms. The van der Waals surface area contributed by atoms with Gasteiger partial charge in [-0.3, -0.25) is 9.69 Å². The molecule has 1 fully saturated rings. The van der Waals surface area contributed by atoms with E-state index in [1.807, 2.05) is 31.2 Å². The predicted molar refractivity (Wildman–Crippen MR) is 124 cm³/mol. The molecule has 1 atom stereocenters. The van der Waals surface area contributed by atoms with Crippen LogP contribution in [-0.2, 0) is 16.1 Å². The summed E-state index contributed by atoms with van der Waals surface area (Å²) in [5.41, 5.74) is 2.74. The lowest BCUT2D eigenvalue weighted by molar-refractivity contribution is -0.121. The molecule has 1 unspecified atom stereocenters. The number of nitrogens with zero attached hydrogens (tertiary/aromatic N) is 3. The van der Waals surface area contributed by atoms with E-state index in [0.29, 0.717) is 30.5 Å². The summed E-state index contributed by atoms with van der Waals surface area (Å²) in [6.07, 6.45) is 1.66. The van der Waals surface area contributed by atoms with Crippen molar-refractivity contribution in [2.24, 2.45) is 5.92 Å². The summed E-state index contributed by atoms with van der Waals surface area (Å²) >= 11 is 6.06. The second-order valence-corrected chi connectivity index (χ2v) is 8.48. The Morgan fingerprint density at radius 2 is 2.09 bits per heavy atom. The summed E-state index contributed by atoms with van der Waals surface area (Å²) in [5, 5.41) is 7.28. The molecule has 1 aliphatic heterocycles. The van der Waals surface area contributed by atoms with Gasteiger partial charge in [-0.2, -0.15) is 4.98 Å². The first kappa shape index (κ1) is 22.9. The number of hydrogen-bond acceptors (Lipinski definition) is 7. The maximum absolute atomic E-state index is 12.9. The molecule has 1 saturated heterocycles. The van der Waals surface area contributed by atoms with Crippen LogP contribution in [-0.4, -0.2) is 47.1 Å². The molecule has 1 N–H and O–H groups in total. The molecule has 172 valence electrons. The van der Waals surface area contributed by atoms with Crippen molar-refractivity contribution in [1.29, 1.82) is 0 Å². The van der Waals surface area contributed by atoms with Gasteiger partial charge in [0, 0.05) is 17.8 Å². The fourth-order valence-corrected chi connectivity index (χ4v) is 4.17. The Labute approximate surface area is 196 Å². The van der Waals surface area contributed by atoms with Crippen molar-refractivity contribution < 1.29 is 18.8 Å². The molecule has 0 spiro atoms. The molecule has 2 aromatic carbocycles. The number of anilines is 1. The number of benzene rings is 2. The van der Waals surface area contributed by atoms with Crippen molar-refractivity contribution in [3.63, 3.8) is 0 Å². The van der Waals surface area contributed by atoms with Crippen LogP contribution in [0.5, 0.6) is 0 Å². The minimum atomic E-state index is -0.551. The molecule has 8 nitrogen and oxygen atoms in total. The second-order valence-electron chi connectivity index (χ2n) is 8.08. The number of carbonyl (C=O) groups is 2. The highest BCUT2D eigenvalue weighted by Crippen LogP contribution is 2.25. The van der Waals surface area contributed by atoms with Gasteiger partial charge in [0.05, 0.1) is 30.2 Å². The van der Waals surface area contributed by atoms with Crippen LogP contribution in [0.4, 0.5) is 5.69 Å². The van der Waals surface area contributed by atoms with Crippen LogP contribution in [0, 0.1) is 12.8 Å². The maximum Gasteiger partial charge on any atom is 0.339 e. The molecule has 4 rings (SSSR count). The van der Waals surface area contributed by atoms with E-state index < -0.39 is 5.97 Å². The van der Waals surface area contributed by atoms with Crippen LogP contribution in [0.25, 0.3) is 11.4 Å². The minimum absolute atomic E-state index is 0.107. The number of nitrogens with one attached hydrogen (secondary N) is 1. The van der Waals surface area contributed by atoms with Crippen LogP contribution in [0.3, 0.4) is 0 Å². The van der Waals surface area contributed by atoms with Crippen molar-refractivity contribution in [2.75, 3.05) is 25.5 Å². The molecule has 0 saturated carbocycles. The Morgan fingerprint density at radius 1 is 1.27 bits per heavy atom. The molecule has 1 amide bonds. The number of amides is 1. The van der Waals surface area contributed by atoms with Gasteiger partial charge in [0.15, 0.2) is 0 Å². The highest BCUT2D eigenvalue weighted by atomic mass is 35.5. The van der Waals surface area contributed by atoms with Gasteiger partial charge in [0.2, 0.25) is 17.6 Å². The first-order valence-corrected chi connectivity index (χ1v) is 11.1. The SMILES string of the molecule is COC(=O)c1cc(NC(=O)C2CCCN(Cc3nc(-c4ccccc4C)no3)C2)ccc1Cl. The maximum atomic E-state index is 12.9. The first-order chi connectivity index (χ1) is 15.9. The number of likely N-dealkylation sites (tertiary alicyclic amines) is 1. The van der Waals surface area contributed by atoms with Gasteiger partial charge in [-0.25, -0.2) is 4.79 Å². The van der Waals surface area contributed by atoms with Crippen molar-refractivity contribution in [2.45, 2.75) is 26.3 Å². The molecule has 1 aliphatic rings. The molecule has 0 bridgehead atoms. The van der Waals surface area contributed by atoms with Crippen molar-refractivity contribution >= 4 is 29.2 Å². The lowest BCUT2D eigenvalue weighted by Crippen LogP contribution is -2.40. The van der Waals surface area contributed by atoms with Crippen molar-refractivity contribution in [1.82, 2.24) is 15.0 Å². The fraction of sp³-hybridized carbons (Fsp3) is 0.333. The third-order valence-electron chi connectivity index (χ3n) is 5.73. The standard InChI is InChI=1S/C24H25ClN4O4/c1-15-6-3-4-8-18(15)22-27-21(33-28-22)14-29-11-5-7-16(13-29)23(30)26-17-9-10-20(25)19(12-17)24(31)32-2/h3-4,6,8-10,12,16H,5,7,11,13-14H2,1-2H3,(H,26,30). The Kier molecular flexibility index (Phi) is 7.05. The monoisotopic (exact) mass is 468 g/mol. The number of aryl methyl sites for hydroxylation is 1. The van der Waals surface area contributed by atoms with Gasteiger partial charge >= 0.3 is 5.97 Å². The molecular formula is C24H25ClN4O4. The number of aromatic nitrogens is 2. The van der Waals surface area contributed by atoms with E-state index in [2.05, 4.69) is 20.4 Å². The van der Waals surface area contributed by atoms with Crippen LogP contribution in [0.15, 0.2) is 47.0 Å². The van der Waals surface area contributed by atoms with Gasteiger partial charge in [-0.1, -0.05) is 41.0 Å². The largest absolute Gasteiger partial charge is 0.465 e. The Hall–Kier alpha value is -3.23. The normalized spacial score (nSPS) is 16.4. The van der Waals surface area contributed by atoms with E-state index in [0.717, 1.165) is 30.5 Å². The number of piperidine rings is 1. The number of carbonyl (C=O) groups excluding carboxylic acids is 2. The summed E-state index contributed by atoms with van der Waals surface area (Å²) in [6.45, 7) is 3.91. The lowest BCUT2D eigenvalue weighted by atomic mass is 9.97. The molecule has 1 aromatic heterocycles. The van der Waals surface area contributed by atoms with E-state index in [4.69, 9.17) is 20.9 Å². The summed E-state index contributed by atoms with van der Waals surface area (Å²) < 4.78 is 10.2. The third kappa shape index (κ3) is 5.40. The highest BCUT2D eigenvalue weighted by Gasteiger charge is 2.27. The molecule has 3 aromatic rings. The van der Waals surface area contributed by atoms with Gasteiger partial charge < -0.3 is 14.6 Å². The zero-order valence-corrected chi connectivity index (χ0v) is 19.3. The summed E-state index contributed by atoms with van der Waals surface area (Å²) in [7, 11) is 1.29. The number of esters is 1. The number of hydrogen-bond donors (Lipinski definition) is 1. The lowest BCUT2D eigenvalue weighted by Gasteiger charge is -2.30. The van der Waals surface area contributed by atoms with Gasteiger partial charge in [0.25, 0.3) is 0 Å². The highest BCUT2D eigenvalue weighted by molar-refractivity contribution is 6.33. The zero-order valence-electron chi connectivity index (χ0n) is 18.5. The van der Waals surface area contributed by atoms with Gasteiger partial charge in [-0.05, 0) is 50.1 Å². The van der Waals surface area contributed by atoms with E-state index in [-0.39, 0.29) is 22.4 Å². The van der Waals surface area contributed by atoms with Crippen LogP contribution < -0.4 is 5.32 Å². The predicted octanol–water partition coefficient (Wildman–Crippen LogP) is 4.34. The Morgan fingerprint density at radius 3 is 2.88 bits per heavy atom. The number of rotatable bonds is 6. The number of halogens is 1. The summed E-state index contributed by atoms with van der Waals surface area (Å²) in [5.74, 6) is 0.233. The topological polar surface area (TPSA) is 97.6 Å². The van der Waals surface area contributed by atoms with E-state index >= 15 is 0 Å². The third-order valence-corrected chi connectivity index (χ3v) is 6.06. The van der Waals surface area contributed by atoms with E-state index in [9.17, 15) is 9.59 Å². The molecule has 0 radical (unpaired) electrons. The molecular weight excluding hydrogens is 444 g/mol. The summed E-state index contributed by atoms with van der Waals surface area (Å²) in [4.78, 5) is 31.4. The smallest absolute Gasteiger partial charge is 0.339 e. The first-order valence-electron chi connectivity index (χ1n) is 10.7. The molecule has 9 heteroatoms. The number of ether oxygens (including phenoxy) is 1. The quantitative estimate of drug-likeness (QED) is 0.537. The Bertz CT molecular complexity index is 1160. The molecule has 0 aliphatic carbocycles. The van der Waals surface area contributed by atoms with Gasteiger partial charge in [-0.15, -0.1) is 0 Å². The van der Waals surface area contributed by atoms with Crippen LogP contribution in [0.1, 0.15) is 34.7 Å². The van der Waals surface area contributed by atoms with Crippen LogP contribution in [0.2, 0.25) is 5.02 Å². The van der Waals surface area contributed by atoms with Crippen molar-refractivity contribution in [3.8, 4) is 11.4 Å². The van der Waals surface area contributed by atoms with E-state index in [1.165, 1.54) is 13.2 Å². The van der Waals surface area contributed by atoms with E-state index in [1.54, 1.807) is 12.1 Å². The minimum Gasteiger partial charge on any atom is -0.465 e. The summed E-state index contributed by atoms with van der Waals surface area (Å²) in [6, 6.07) is 12.6. The number of methoxy groups -OCH3 is 1. The van der Waals surface area contributed by atoms with Crippen LogP contribution >= 0.6 is 11.6 Å². The van der Waals surface area contributed by atoms with Crippen molar-refractivity contribution in [3.05, 3.63) is 64.5 Å².